The van der Waals surface area contributed by atoms with Gasteiger partial charge in [0.2, 0.25) is 11.8 Å². The molecule has 2 aromatic heterocycles. The highest BCUT2D eigenvalue weighted by atomic mass is 16.6. The maximum atomic E-state index is 13.8. The number of hydrogen-bond donors (Lipinski definition) is 1. The molecule has 3 aromatic carbocycles. The lowest BCUT2D eigenvalue weighted by atomic mass is 10.0. The molecule has 0 saturated carbocycles. The maximum absolute atomic E-state index is 13.8. The zero-order valence-corrected chi connectivity index (χ0v) is 27.3. The fourth-order valence-corrected chi connectivity index (χ4v) is 5.74. The Bertz CT molecular complexity index is 1890. The van der Waals surface area contributed by atoms with E-state index in [1.807, 2.05) is 106 Å². The van der Waals surface area contributed by atoms with Gasteiger partial charge in [-0.3, -0.25) is 9.13 Å². The number of aromatic nitrogens is 3. The summed E-state index contributed by atoms with van der Waals surface area (Å²) in [6.07, 6.45) is 1.21. The van der Waals surface area contributed by atoms with Crippen LogP contribution in [0.2, 0.25) is 0 Å². The molecule has 0 bridgehead atoms. The van der Waals surface area contributed by atoms with E-state index in [1.165, 1.54) is 0 Å². The predicted molar refractivity (Wildman–Crippen MR) is 182 cm³/mol. The van der Waals surface area contributed by atoms with Gasteiger partial charge in [-0.25, -0.2) is 9.59 Å². The molecule has 1 amide bonds. The third-order valence-corrected chi connectivity index (χ3v) is 8.12. The minimum absolute atomic E-state index is 0.0525. The molecule has 3 heterocycles. The summed E-state index contributed by atoms with van der Waals surface area (Å²) in [5, 5.41) is 3.00. The van der Waals surface area contributed by atoms with Gasteiger partial charge in [-0.15, -0.1) is 0 Å². The normalized spacial score (nSPS) is 13.8. The van der Waals surface area contributed by atoms with Gasteiger partial charge in [0.25, 0.3) is 0 Å². The standard InChI is InChI=1S/C37H41N5O5/c1-37(2,3)47-35(43)38-28-19-21-41(22-20-28)29-15-16-30-32(23-29)40(4)36(44)42(30)31-17-18-33(45-24-26-11-7-5-8-12-26)39-34(31)46-25-27-13-9-6-10-14-27/h5-18,23,28H,19-22,24-25H2,1-4H3,(H,38,43). The van der Waals surface area contributed by atoms with Crippen LogP contribution in [0, 0.1) is 0 Å². The smallest absolute Gasteiger partial charge is 0.407 e. The van der Waals surface area contributed by atoms with E-state index in [-0.39, 0.29) is 24.4 Å². The van der Waals surface area contributed by atoms with Crippen molar-refractivity contribution in [2.24, 2.45) is 7.05 Å². The van der Waals surface area contributed by atoms with Crippen LogP contribution in [0.1, 0.15) is 44.7 Å². The molecule has 0 aliphatic carbocycles. The van der Waals surface area contributed by atoms with E-state index in [4.69, 9.17) is 19.2 Å². The summed E-state index contributed by atoms with van der Waals surface area (Å²) in [4.78, 5) is 33.0. The van der Waals surface area contributed by atoms with Gasteiger partial charge in [-0.2, -0.15) is 4.98 Å². The minimum Gasteiger partial charge on any atom is -0.473 e. The molecule has 5 aromatic rings. The van der Waals surface area contributed by atoms with Crippen LogP contribution in [0.4, 0.5) is 10.5 Å². The molecule has 0 unspecified atom stereocenters. The third-order valence-electron chi connectivity index (χ3n) is 8.12. The van der Waals surface area contributed by atoms with Crippen molar-refractivity contribution in [3.05, 3.63) is 113 Å². The van der Waals surface area contributed by atoms with Gasteiger partial charge >= 0.3 is 11.8 Å². The van der Waals surface area contributed by atoms with Crippen LogP contribution in [-0.2, 0) is 25.0 Å². The van der Waals surface area contributed by atoms with E-state index in [1.54, 1.807) is 22.2 Å². The summed E-state index contributed by atoms with van der Waals surface area (Å²) in [5.41, 5.74) is 4.35. The molecule has 1 fully saturated rings. The van der Waals surface area contributed by atoms with E-state index >= 15 is 0 Å². The van der Waals surface area contributed by atoms with Crippen LogP contribution in [0.25, 0.3) is 16.7 Å². The number of pyridine rings is 1. The third kappa shape index (κ3) is 7.60. The van der Waals surface area contributed by atoms with Crippen molar-refractivity contribution in [2.75, 3.05) is 18.0 Å². The highest BCUT2D eigenvalue weighted by Gasteiger charge is 2.25. The lowest BCUT2D eigenvalue weighted by molar-refractivity contribution is 0.0497. The van der Waals surface area contributed by atoms with Gasteiger partial charge < -0.3 is 24.4 Å². The Morgan fingerprint density at radius 3 is 2.13 bits per heavy atom. The van der Waals surface area contributed by atoms with Crippen LogP contribution >= 0.6 is 0 Å². The number of ether oxygens (including phenoxy) is 3. The van der Waals surface area contributed by atoms with E-state index < -0.39 is 5.60 Å². The molecule has 1 aliphatic heterocycles. The van der Waals surface area contributed by atoms with Crippen molar-refractivity contribution in [2.45, 2.75) is 58.5 Å². The number of fused-ring (bicyclic) bond motifs is 1. The highest BCUT2D eigenvalue weighted by molar-refractivity contribution is 5.82. The Kier molecular flexibility index (Phi) is 9.19. The largest absolute Gasteiger partial charge is 0.473 e. The first-order valence-electron chi connectivity index (χ1n) is 16.0. The lowest BCUT2D eigenvalue weighted by Gasteiger charge is -2.34. The first kappa shape index (κ1) is 31.7. The first-order valence-corrected chi connectivity index (χ1v) is 16.0. The van der Waals surface area contributed by atoms with Gasteiger partial charge in [0, 0.05) is 37.9 Å². The molecule has 0 atom stereocenters. The number of aryl methyl sites for hydroxylation is 1. The highest BCUT2D eigenvalue weighted by Crippen LogP contribution is 2.30. The number of benzene rings is 3. The lowest BCUT2D eigenvalue weighted by Crippen LogP contribution is -2.46. The Morgan fingerprint density at radius 2 is 1.49 bits per heavy atom. The van der Waals surface area contributed by atoms with Crippen molar-refractivity contribution in [1.82, 2.24) is 19.4 Å². The Morgan fingerprint density at radius 1 is 0.851 bits per heavy atom. The van der Waals surface area contributed by atoms with Gasteiger partial charge in [-0.1, -0.05) is 60.7 Å². The van der Waals surface area contributed by atoms with E-state index in [0.717, 1.165) is 53.8 Å². The van der Waals surface area contributed by atoms with Crippen LogP contribution in [0.3, 0.4) is 0 Å². The summed E-state index contributed by atoms with van der Waals surface area (Å²) >= 11 is 0. The molecule has 0 spiro atoms. The molecule has 1 saturated heterocycles. The Labute approximate surface area is 274 Å². The number of anilines is 1. The molecule has 6 rings (SSSR count). The Balaban J connectivity index is 1.25. The van der Waals surface area contributed by atoms with Crippen LogP contribution in [-0.4, -0.2) is 44.9 Å². The van der Waals surface area contributed by atoms with Gasteiger partial charge in [-0.05, 0) is 69.0 Å². The van der Waals surface area contributed by atoms with Crippen LogP contribution in [0.5, 0.6) is 11.8 Å². The second-order valence-electron chi connectivity index (χ2n) is 12.8. The topological polar surface area (TPSA) is 99.9 Å². The molecular formula is C37H41N5O5. The monoisotopic (exact) mass is 635 g/mol. The Hall–Kier alpha value is -5.25. The zero-order valence-electron chi connectivity index (χ0n) is 27.3. The summed E-state index contributed by atoms with van der Waals surface area (Å²) in [6.45, 7) is 7.76. The van der Waals surface area contributed by atoms with Gasteiger partial charge in [0.15, 0.2) is 0 Å². The van der Waals surface area contributed by atoms with Gasteiger partial charge in [0.1, 0.15) is 24.5 Å². The SMILES string of the molecule is Cn1c(=O)n(-c2ccc(OCc3ccccc3)nc2OCc2ccccc2)c2ccc(N3CCC(NC(=O)OC(C)(C)C)CC3)cc21. The average molecular weight is 636 g/mol. The van der Waals surface area contributed by atoms with E-state index in [0.29, 0.717) is 24.1 Å². The number of nitrogens with one attached hydrogen (secondary N) is 1. The fourth-order valence-electron chi connectivity index (χ4n) is 5.74. The number of carbonyl (C=O) groups is 1. The predicted octanol–water partition coefficient (Wildman–Crippen LogP) is 6.38. The second-order valence-corrected chi connectivity index (χ2v) is 12.8. The molecule has 47 heavy (non-hydrogen) atoms. The quantitative estimate of drug-likeness (QED) is 0.201. The van der Waals surface area contributed by atoms with Crippen molar-refractivity contribution in [1.29, 1.82) is 0 Å². The summed E-state index contributed by atoms with van der Waals surface area (Å²) in [5.74, 6) is 0.707. The zero-order chi connectivity index (χ0) is 33.0. The average Bonchev–Trinajstić information content (AvgIpc) is 3.31. The molecular weight excluding hydrogens is 594 g/mol. The molecule has 0 radical (unpaired) electrons. The van der Waals surface area contributed by atoms with Gasteiger partial charge in [0.05, 0.1) is 11.0 Å². The van der Waals surface area contributed by atoms with E-state index in [9.17, 15) is 9.59 Å². The van der Waals surface area contributed by atoms with Crippen molar-refractivity contribution in [3.63, 3.8) is 0 Å². The number of nitrogens with zero attached hydrogens (tertiary/aromatic N) is 4. The van der Waals surface area contributed by atoms with Crippen LogP contribution < -0.4 is 25.4 Å². The summed E-state index contributed by atoms with van der Waals surface area (Å²) in [7, 11) is 1.78. The summed E-state index contributed by atoms with van der Waals surface area (Å²) < 4.78 is 21.0. The van der Waals surface area contributed by atoms with Crippen molar-refractivity contribution in [3.8, 4) is 17.4 Å². The number of alkyl carbamates (subject to hydrolysis) is 1. The number of imidazole rings is 1. The fraction of sp³-hybridized carbons (Fsp3) is 0.324. The number of hydrogen-bond acceptors (Lipinski definition) is 7. The number of piperidine rings is 1. The maximum Gasteiger partial charge on any atom is 0.407 e. The van der Waals surface area contributed by atoms with Crippen LogP contribution in [0.15, 0.2) is 95.8 Å². The van der Waals surface area contributed by atoms with Crippen molar-refractivity contribution < 1.29 is 19.0 Å². The number of carbonyl (C=O) groups excluding carboxylic acids is 1. The second kappa shape index (κ2) is 13.6. The molecule has 10 heteroatoms. The summed E-state index contributed by atoms with van der Waals surface area (Å²) in [6, 6.07) is 29.4. The molecule has 1 aliphatic rings. The molecule has 10 nitrogen and oxygen atoms in total. The molecule has 244 valence electrons. The molecule has 1 N–H and O–H groups in total. The van der Waals surface area contributed by atoms with E-state index in [2.05, 4.69) is 10.2 Å². The van der Waals surface area contributed by atoms with Crippen molar-refractivity contribution >= 4 is 22.8 Å². The number of rotatable bonds is 9. The first-order chi connectivity index (χ1) is 22.6. The minimum atomic E-state index is -0.532. The number of amides is 1.